The Morgan fingerprint density at radius 1 is 0.967 bits per heavy atom. The highest BCUT2D eigenvalue weighted by Gasteiger charge is 2.19. The fourth-order valence-corrected chi connectivity index (χ4v) is 2.77. The van der Waals surface area contributed by atoms with E-state index < -0.39 is 0 Å². The maximum atomic E-state index is 12.8. The largest absolute Gasteiger partial charge is 0.497 e. The summed E-state index contributed by atoms with van der Waals surface area (Å²) in [6, 6.07) is 14.2. The van der Waals surface area contributed by atoms with E-state index >= 15 is 0 Å². The van der Waals surface area contributed by atoms with Crippen molar-refractivity contribution in [3.05, 3.63) is 59.7 Å². The van der Waals surface area contributed by atoms with Gasteiger partial charge < -0.3 is 20.3 Å². The minimum absolute atomic E-state index is 0.108. The van der Waals surface area contributed by atoms with Crippen molar-refractivity contribution in [2.45, 2.75) is 26.7 Å². The summed E-state index contributed by atoms with van der Waals surface area (Å²) in [6.07, 6.45) is 1.68. The predicted molar refractivity (Wildman–Crippen MR) is 117 cm³/mol. The third kappa shape index (κ3) is 7.24. The normalized spacial score (nSPS) is 10.2. The van der Waals surface area contributed by atoms with Crippen LogP contribution in [0.3, 0.4) is 0 Å². The summed E-state index contributed by atoms with van der Waals surface area (Å²) < 4.78 is 5.11. The molecule has 0 atom stereocenters. The SMILES string of the molecule is CCCCN(CC(=O)NCC(=O)Nc1ccc(C)cc1)C(=O)c1ccc(OC)cc1. The smallest absolute Gasteiger partial charge is 0.254 e. The standard InChI is InChI=1S/C23H29N3O4/c1-4-5-14-26(23(29)18-8-12-20(30-3)13-9-18)16-22(28)24-15-21(27)25-19-10-6-17(2)7-11-19/h6-13H,4-5,14-16H2,1-3H3,(H,24,28)(H,25,27). The highest BCUT2D eigenvalue weighted by molar-refractivity contribution is 5.98. The first-order valence-electron chi connectivity index (χ1n) is 9.99. The Morgan fingerprint density at radius 2 is 1.63 bits per heavy atom. The summed E-state index contributed by atoms with van der Waals surface area (Å²) in [4.78, 5) is 38.7. The molecule has 160 valence electrons. The van der Waals surface area contributed by atoms with E-state index in [0.29, 0.717) is 23.5 Å². The van der Waals surface area contributed by atoms with Gasteiger partial charge in [0.2, 0.25) is 11.8 Å². The summed E-state index contributed by atoms with van der Waals surface area (Å²) in [6.45, 7) is 4.17. The molecule has 0 aliphatic carbocycles. The van der Waals surface area contributed by atoms with Crippen molar-refractivity contribution in [2.24, 2.45) is 0 Å². The summed E-state index contributed by atoms with van der Waals surface area (Å²) in [5.41, 5.74) is 2.24. The molecular weight excluding hydrogens is 382 g/mol. The third-order valence-corrected chi connectivity index (χ3v) is 4.52. The molecule has 7 nitrogen and oxygen atoms in total. The van der Waals surface area contributed by atoms with Gasteiger partial charge in [0, 0.05) is 17.8 Å². The van der Waals surface area contributed by atoms with Crippen LogP contribution < -0.4 is 15.4 Å². The van der Waals surface area contributed by atoms with E-state index in [9.17, 15) is 14.4 Å². The highest BCUT2D eigenvalue weighted by Crippen LogP contribution is 2.13. The molecule has 0 aliphatic rings. The number of anilines is 1. The molecule has 0 saturated heterocycles. The van der Waals surface area contributed by atoms with Crippen molar-refractivity contribution in [1.82, 2.24) is 10.2 Å². The Labute approximate surface area is 177 Å². The minimum atomic E-state index is -0.382. The fraction of sp³-hybridized carbons (Fsp3) is 0.348. The number of amides is 3. The molecule has 0 spiro atoms. The molecule has 2 aromatic carbocycles. The lowest BCUT2D eigenvalue weighted by atomic mass is 10.1. The van der Waals surface area contributed by atoms with E-state index in [2.05, 4.69) is 10.6 Å². The Balaban J connectivity index is 1.90. The average molecular weight is 412 g/mol. The van der Waals surface area contributed by atoms with Crippen LogP contribution in [-0.4, -0.2) is 49.4 Å². The van der Waals surface area contributed by atoms with Gasteiger partial charge in [-0.1, -0.05) is 31.0 Å². The van der Waals surface area contributed by atoms with Crippen LogP contribution in [0.15, 0.2) is 48.5 Å². The first-order chi connectivity index (χ1) is 14.4. The zero-order valence-electron chi connectivity index (χ0n) is 17.7. The molecule has 7 heteroatoms. The Morgan fingerprint density at radius 3 is 2.23 bits per heavy atom. The van der Waals surface area contributed by atoms with Crippen molar-refractivity contribution in [3.8, 4) is 5.75 Å². The van der Waals surface area contributed by atoms with Gasteiger partial charge in [-0.3, -0.25) is 14.4 Å². The average Bonchev–Trinajstić information content (AvgIpc) is 2.76. The number of aryl methyl sites for hydroxylation is 1. The van der Waals surface area contributed by atoms with Gasteiger partial charge in [-0.2, -0.15) is 0 Å². The quantitative estimate of drug-likeness (QED) is 0.629. The van der Waals surface area contributed by atoms with E-state index in [0.717, 1.165) is 18.4 Å². The van der Waals surface area contributed by atoms with Crippen molar-refractivity contribution < 1.29 is 19.1 Å². The second kappa shape index (κ2) is 11.6. The minimum Gasteiger partial charge on any atom is -0.497 e. The van der Waals surface area contributed by atoms with Crippen LogP contribution in [0, 0.1) is 6.92 Å². The molecule has 30 heavy (non-hydrogen) atoms. The van der Waals surface area contributed by atoms with Crippen LogP contribution in [0.1, 0.15) is 35.7 Å². The number of unbranched alkanes of at least 4 members (excludes halogenated alkanes) is 1. The van der Waals surface area contributed by atoms with Crippen LogP contribution in [0.4, 0.5) is 5.69 Å². The number of carbonyl (C=O) groups excluding carboxylic acids is 3. The van der Waals surface area contributed by atoms with Gasteiger partial charge in [-0.25, -0.2) is 0 Å². The van der Waals surface area contributed by atoms with Gasteiger partial charge in [-0.05, 0) is 49.7 Å². The molecule has 0 aromatic heterocycles. The summed E-state index contributed by atoms with van der Waals surface area (Å²) >= 11 is 0. The third-order valence-electron chi connectivity index (χ3n) is 4.52. The second-order valence-electron chi connectivity index (χ2n) is 7.00. The zero-order chi connectivity index (χ0) is 21.9. The van der Waals surface area contributed by atoms with E-state index in [1.165, 1.54) is 4.90 Å². The van der Waals surface area contributed by atoms with Crippen molar-refractivity contribution >= 4 is 23.4 Å². The number of benzene rings is 2. The monoisotopic (exact) mass is 411 g/mol. The molecule has 0 unspecified atom stereocenters. The Hall–Kier alpha value is -3.35. The van der Waals surface area contributed by atoms with Crippen LogP contribution in [0.5, 0.6) is 5.75 Å². The zero-order valence-corrected chi connectivity index (χ0v) is 17.7. The first kappa shape index (κ1) is 22.9. The van der Waals surface area contributed by atoms with Gasteiger partial charge >= 0.3 is 0 Å². The molecule has 0 heterocycles. The number of methoxy groups -OCH3 is 1. The molecule has 2 N–H and O–H groups in total. The van der Waals surface area contributed by atoms with Crippen molar-refractivity contribution in [2.75, 3.05) is 32.1 Å². The second-order valence-corrected chi connectivity index (χ2v) is 7.00. The topological polar surface area (TPSA) is 87.7 Å². The van der Waals surface area contributed by atoms with E-state index in [-0.39, 0.29) is 30.8 Å². The highest BCUT2D eigenvalue weighted by atomic mass is 16.5. The number of carbonyl (C=O) groups is 3. The number of ether oxygens (including phenoxy) is 1. The molecule has 2 rings (SSSR count). The lowest BCUT2D eigenvalue weighted by Crippen LogP contribution is -2.43. The molecule has 0 fully saturated rings. The Kier molecular flexibility index (Phi) is 8.87. The lowest BCUT2D eigenvalue weighted by molar-refractivity contribution is -0.124. The van der Waals surface area contributed by atoms with Gasteiger partial charge in [-0.15, -0.1) is 0 Å². The number of nitrogens with zero attached hydrogens (tertiary/aromatic N) is 1. The van der Waals surface area contributed by atoms with Crippen molar-refractivity contribution in [3.63, 3.8) is 0 Å². The summed E-state index contributed by atoms with van der Waals surface area (Å²) in [5.74, 6) is -0.282. The van der Waals surface area contributed by atoms with Gasteiger partial charge in [0.05, 0.1) is 20.2 Å². The van der Waals surface area contributed by atoms with Gasteiger partial charge in [0.25, 0.3) is 5.91 Å². The summed E-state index contributed by atoms with van der Waals surface area (Å²) in [7, 11) is 1.56. The van der Waals surface area contributed by atoms with Gasteiger partial charge in [0.15, 0.2) is 0 Å². The van der Waals surface area contributed by atoms with Gasteiger partial charge in [0.1, 0.15) is 5.75 Å². The summed E-state index contributed by atoms with van der Waals surface area (Å²) in [5, 5.41) is 5.31. The van der Waals surface area contributed by atoms with Crippen LogP contribution in [-0.2, 0) is 9.59 Å². The predicted octanol–water partition coefficient (Wildman–Crippen LogP) is 3.00. The number of rotatable bonds is 10. The fourth-order valence-electron chi connectivity index (χ4n) is 2.77. The molecular formula is C23H29N3O4. The Bertz CT molecular complexity index is 848. The number of hydrogen-bond acceptors (Lipinski definition) is 4. The molecule has 0 radical (unpaired) electrons. The maximum absolute atomic E-state index is 12.8. The van der Waals surface area contributed by atoms with E-state index in [1.807, 2.05) is 26.0 Å². The molecule has 0 bridgehead atoms. The lowest BCUT2D eigenvalue weighted by Gasteiger charge is -2.22. The van der Waals surface area contributed by atoms with Crippen LogP contribution in [0.25, 0.3) is 0 Å². The van der Waals surface area contributed by atoms with Crippen LogP contribution >= 0.6 is 0 Å². The van der Waals surface area contributed by atoms with E-state index in [1.54, 1.807) is 43.5 Å². The molecule has 0 aliphatic heterocycles. The number of hydrogen-bond donors (Lipinski definition) is 2. The maximum Gasteiger partial charge on any atom is 0.254 e. The molecule has 3 amide bonds. The first-order valence-corrected chi connectivity index (χ1v) is 9.99. The van der Waals surface area contributed by atoms with Crippen molar-refractivity contribution in [1.29, 1.82) is 0 Å². The number of nitrogens with one attached hydrogen (secondary N) is 2. The van der Waals surface area contributed by atoms with E-state index in [4.69, 9.17) is 4.74 Å². The van der Waals surface area contributed by atoms with Crippen LogP contribution in [0.2, 0.25) is 0 Å². The molecule has 0 saturated carbocycles. The molecule has 2 aromatic rings.